The van der Waals surface area contributed by atoms with Gasteiger partial charge < -0.3 is 10.1 Å². The number of carbonyl (C=O) groups excluding carboxylic acids is 1. The maximum atomic E-state index is 11.5. The molecular weight excluding hydrogens is 242 g/mol. The minimum atomic E-state index is -0.00422. The molecule has 5 nitrogen and oxygen atoms in total. The van der Waals surface area contributed by atoms with Gasteiger partial charge in [0.1, 0.15) is 5.75 Å². The first-order valence-corrected chi connectivity index (χ1v) is 6.27. The zero-order valence-electron chi connectivity index (χ0n) is 10.6. The van der Waals surface area contributed by atoms with Crippen molar-refractivity contribution in [3.05, 3.63) is 48.3 Å². The maximum Gasteiger partial charge on any atom is 0.223 e. The normalized spacial score (nSPS) is 10.1. The van der Waals surface area contributed by atoms with Crippen LogP contribution >= 0.6 is 0 Å². The van der Waals surface area contributed by atoms with Gasteiger partial charge in [-0.1, -0.05) is 18.2 Å². The summed E-state index contributed by atoms with van der Waals surface area (Å²) in [6.45, 7) is 0.992. The summed E-state index contributed by atoms with van der Waals surface area (Å²) < 4.78 is 5.45. The lowest BCUT2D eigenvalue weighted by Crippen LogP contribution is -2.27. The molecule has 1 heterocycles. The molecule has 2 N–H and O–H groups in total. The van der Waals surface area contributed by atoms with Crippen molar-refractivity contribution < 1.29 is 9.53 Å². The van der Waals surface area contributed by atoms with Crippen LogP contribution in [0.3, 0.4) is 0 Å². The molecule has 2 aromatic rings. The molecule has 1 aromatic heterocycles. The third kappa shape index (κ3) is 4.83. The smallest absolute Gasteiger partial charge is 0.223 e. The van der Waals surface area contributed by atoms with Gasteiger partial charge in [0.25, 0.3) is 0 Å². The van der Waals surface area contributed by atoms with Crippen molar-refractivity contribution in [2.45, 2.75) is 12.8 Å². The Balaban J connectivity index is 1.57. The summed E-state index contributed by atoms with van der Waals surface area (Å²) >= 11 is 0. The van der Waals surface area contributed by atoms with Gasteiger partial charge in [0.2, 0.25) is 5.91 Å². The molecule has 0 bridgehead atoms. The Morgan fingerprint density at radius 2 is 2.11 bits per heavy atom. The first kappa shape index (κ1) is 13.1. The van der Waals surface area contributed by atoms with Crippen molar-refractivity contribution >= 4 is 5.91 Å². The van der Waals surface area contributed by atoms with E-state index in [9.17, 15) is 4.79 Å². The summed E-state index contributed by atoms with van der Waals surface area (Å²) in [7, 11) is 0. The van der Waals surface area contributed by atoms with Crippen LogP contribution in [-0.4, -0.2) is 29.3 Å². The number of H-pyrrole nitrogens is 1. The molecule has 0 saturated heterocycles. The summed E-state index contributed by atoms with van der Waals surface area (Å²) in [5.74, 6) is 0.781. The Kier molecular flexibility index (Phi) is 4.98. The molecule has 1 aromatic carbocycles. The Morgan fingerprint density at radius 3 is 2.84 bits per heavy atom. The number of ether oxygens (including phenoxy) is 1. The van der Waals surface area contributed by atoms with Crippen molar-refractivity contribution in [2.24, 2.45) is 0 Å². The first-order valence-electron chi connectivity index (χ1n) is 6.27. The Morgan fingerprint density at radius 1 is 1.26 bits per heavy atom. The van der Waals surface area contributed by atoms with E-state index in [0.29, 0.717) is 19.6 Å². The van der Waals surface area contributed by atoms with E-state index in [2.05, 4.69) is 15.5 Å². The van der Waals surface area contributed by atoms with Crippen LogP contribution in [0.25, 0.3) is 0 Å². The molecule has 0 atom stereocenters. The quantitative estimate of drug-likeness (QED) is 0.792. The van der Waals surface area contributed by atoms with Crippen molar-refractivity contribution in [3.8, 4) is 5.75 Å². The zero-order valence-corrected chi connectivity index (χ0v) is 10.6. The van der Waals surface area contributed by atoms with Crippen LogP contribution in [0.15, 0.2) is 42.6 Å². The average molecular weight is 259 g/mol. The van der Waals surface area contributed by atoms with Gasteiger partial charge in [-0.15, -0.1) is 0 Å². The number of aromatic nitrogens is 2. The van der Waals surface area contributed by atoms with Crippen molar-refractivity contribution in [2.75, 3.05) is 13.2 Å². The molecule has 2 rings (SSSR count). The number of hydrogen-bond acceptors (Lipinski definition) is 3. The number of nitrogens with one attached hydrogen (secondary N) is 2. The highest BCUT2D eigenvalue weighted by molar-refractivity contribution is 5.75. The van der Waals surface area contributed by atoms with Crippen LogP contribution in [0, 0.1) is 0 Å². The highest BCUT2D eigenvalue weighted by Crippen LogP contribution is 2.08. The van der Waals surface area contributed by atoms with Gasteiger partial charge in [0.15, 0.2) is 0 Å². The fourth-order valence-electron chi connectivity index (χ4n) is 1.63. The number of nitrogens with zero attached hydrogens (tertiary/aromatic N) is 1. The number of hydrogen-bond donors (Lipinski definition) is 2. The molecule has 1 amide bonds. The fourth-order valence-corrected chi connectivity index (χ4v) is 1.63. The topological polar surface area (TPSA) is 67.0 Å². The first-order chi connectivity index (χ1) is 9.34. The van der Waals surface area contributed by atoms with Gasteiger partial charge >= 0.3 is 0 Å². The summed E-state index contributed by atoms with van der Waals surface area (Å²) in [5.41, 5.74) is 1.01. The van der Waals surface area contributed by atoms with E-state index in [1.54, 1.807) is 6.20 Å². The molecule has 100 valence electrons. The van der Waals surface area contributed by atoms with Crippen molar-refractivity contribution in [1.82, 2.24) is 15.5 Å². The van der Waals surface area contributed by atoms with Crippen LogP contribution in [0.2, 0.25) is 0 Å². The second-order valence-electron chi connectivity index (χ2n) is 4.09. The molecule has 0 aliphatic rings. The average Bonchev–Trinajstić information content (AvgIpc) is 2.93. The molecule has 5 heteroatoms. The zero-order chi connectivity index (χ0) is 13.3. The Hall–Kier alpha value is -2.30. The van der Waals surface area contributed by atoms with Crippen LogP contribution in [-0.2, 0) is 11.2 Å². The minimum Gasteiger partial charge on any atom is -0.493 e. The largest absolute Gasteiger partial charge is 0.493 e. The van der Waals surface area contributed by atoms with Gasteiger partial charge in [0.05, 0.1) is 13.0 Å². The monoisotopic (exact) mass is 259 g/mol. The van der Waals surface area contributed by atoms with Crippen molar-refractivity contribution in [3.63, 3.8) is 0 Å². The van der Waals surface area contributed by atoms with Gasteiger partial charge in [-0.2, -0.15) is 5.10 Å². The summed E-state index contributed by atoms with van der Waals surface area (Å²) in [6.07, 6.45) is 2.81. The number of rotatable bonds is 7. The lowest BCUT2D eigenvalue weighted by atomic mass is 10.3. The number of carbonyl (C=O) groups is 1. The molecule has 0 spiro atoms. The summed E-state index contributed by atoms with van der Waals surface area (Å²) in [4.78, 5) is 11.5. The third-order valence-corrected chi connectivity index (χ3v) is 2.62. The molecule has 0 fully saturated rings. The van der Waals surface area contributed by atoms with Crippen LogP contribution in [0.4, 0.5) is 0 Å². The van der Waals surface area contributed by atoms with Crippen LogP contribution < -0.4 is 10.1 Å². The van der Waals surface area contributed by atoms with E-state index < -0.39 is 0 Å². The number of para-hydroxylation sites is 1. The molecule has 0 aliphatic carbocycles. The molecule has 19 heavy (non-hydrogen) atoms. The molecule has 0 aliphatic heterocycles. The summed E-state index contributed by atoms with van der Waals surface area (Å²) in [6, 6.07) is 11.4. The Labute approximate surface area is 112 Å². The fraction of sp³-hybridized carbons (Fsp3) is 0.286. The highest BCUT2D eigenvalue weighted by atomic mass is 16.5. The van der Waals surface area contributed by atoms with Gasteiger partial charge in [-0.25, -0.2) is 0 Å². The van der Waals surface area contributed by atoms with E-state index in [4.69, 9.17) is 4.74 Å². The number of aromatic amines is 1. The van der Waals surface area contributed by atoms with E-state index in [1.807, 2.05) is 36.4 Å². The predicted molar refractivity (Wildman–Crippen MR) is 71.9 cm³/mol. The van der Waals surface area contributed by atoms with Crippen molar-refractivity contribution in [1.29, 1.82) is 0 Å². The minimum absolute atomic E-state index is 0.00422. The van der Waals surface area contributed by atoms with E-state index in [1.165, 1.54) is 0 Å². The third-order valence-electron chi connectivity index (χ3n) is 2.62. The Bertz CT molecular complexity index is 483. The van der Waals surface area contributed by atoms with Crippen LogP contribution in [0.5, 0.6) is 5.75 Å². The SMILES string of the molecule is O=C(CCOc1ccccc1)NCCc1ccn[nH]1. The van der Waals surface area contributed by atoms with E-state index >= 15 is 0 Å². The number of benzene rings is 1. The molecule has 0 saturated carbocycles. The highest BCUT2D eigenvalue weighted by Gasteiger charge is 2.02. The van der Waals surface area contributed by atoms with E-state index in [0.717, 1.165) is 17.9 Å². The lowest BCUT2D eigenvalue weighted by molar-refractivity contribution is -0.121. The summed E-state index contributed by atoms with van der Waals surface area (Å²) in [5, 5.41) is 9.54. The van der Waals surface area contributed by atoms with Gasteiger partial charge in [-0.05, 0) is 18.2 Å². The van der Waals surface area contributed by atoms with Crippen LogP contribution in [0.1, 0.15) is 12.1 Å². The number of amides is 1. The van der Waals surface area contributed by atoms with Gasteiger partial charge in [0, 0.05) is 24.9 Å². The molecule has 0 radical (unpaired) electrons. The lowest BCUT2D eigenvalue weighted by Gasteiger charge is -2.06. The van der Waals surface area contributed by atoms with E-state index in [-0.39, 0.29) is 5.91 Å². The molecule has 0 unspecified atom stereocenters. The van der Waals surface area contributed by atoms with Gasteiger partial charge in [-0.3, -0.25) is 9.89 Å². The maximum absolute atomic E-state index is 11.5. The standard InChI is InChI=1S/C14H17N3O2/c18-14(15-9-6-12-7-10-16-17-12)8-11-19-13-4-2-1-3-5-13/h1-5,7,10H,6,8-9,11H2,(H,15,18)(H,16,17). The predicted octanol–water partition coefficient (Wildman–Crippen LogP) is 1.54. The second-order valence-corrected chi connectivity index (χ2v) is 4.09. The second kappa shape index (κ2) is 7.20. The molecular formula is C14H17N3O2.